The summed E-state index contributed by atoms with van der Waals surface area (Å²) in [7, 11) is 0. The number of hydrogen-bond acceptors (Lipinski definition) is 3. The van der Waals surface area contributed by atoms with E-state index in [1.165, 1.54) is 0 Å². The van der Waals surface area contributed by atoms with E-state index in [0.29, 0.717) is 18.2 Å². The molecule has 1 aromatic heterocycles. The third-order valence-electron chi connectivity index (χ3n) is 4.99. The van der Waals surface area contributed by atoms with Crippen LogP contribution in [0.3, 0.4) is 0 Å². The number of hydrogen-bond donors (Lipinski definition) is 0. The van der Waals surface area contributed by atoms with E-state index in [9.17, 15) is 36.9 Å². The second kappa shape index (κ2) is 8.72. The van der Waals surface area contributed by atoms with Gasteiger partial charge in [0, 0.05) is 40.5 Å². The number of aromatic nitrogens is 1. The molecule has 4 rings (SSSR count). The first-order valence-electron chi connectivity index (χ1n) is 9.49. The molecule has 0 aliphatic heterocycles. The Morgan fingerprint density at radius 1 is 0.529 bits per heavy atom. The van der Waals surface area contributed by atoms with Gasteiger partial charge < -0.3 is 0 Å². The molecule has 9 heteroatoms. The minimum Gasteiger partial charge on any atom is -0.245 e. The molecule has 0 bridgehead atoms. The van der Waals surface area contributed by atoms with E-state index in [4.69, 9.17) is 0 Å². The molecule has 166 valence electrons. The summed E-state index contributed by atoms with van der Waals surface area (Å²) in [5, 5.41) is 19.7. The molecule has 0 saturated carbocycles. The molecule has 0 atom stereocenters. The van der Waals surface area contributed by atoms with Crippen LogP contribution < -0.4 is 0 Å². The van der Waals surface area contributed by atoms with E-state index in [0.717, 1.165) is 36.4 Å². The Balaban J connectivity index is 2.21. The van der Waals surface area contributed by atoms with E-state index in [1.807, 2.05) is 0 Å². The molecule has 3 aromatic carbocycles. The fraction of sp³-hybridized carbons (Fsp3) is 0. The molecule has 0 aliphatic carbocycles. The largest absolute Gasteiger partial charge is 0.245 e. The number of halogens is 6. The van der Waals surface area contributed by atoms with Crippen molar-refractivity contribution in [1.82, 2.24) is 4.98 Å². The minimum absolute atomic E-state index is 0.394. The van der Waals surface area contributed by atoms with Crippen molar-refractivity contribution >= 4 is 0 Å². The fourth-order valence-corrected chi connectivity index (χ4v) is 3.52. The first-order valence-corrected chi connectivity index (χ1v) is 9.49. The average molecular weight is 465 g/mol. The number of nitriles is 2. The Hall–Kier alpha value is -4.63. The average Bonchev–Trinajstić information content (AvgIpc) is 2.78. The number of benzene rings is 3. The maximum atomic E-state index is 14.8. The normalized spacial score (nSPS) is 10.6. The first kappa shape index (κ1) is 22.6. The van der Waals surface area contributed by atoms with Crippen LogP contribution in [0.25, 0.3) is 33.6 Å². The zero-order valence-corrected chi connectivity index (χ0v) is 16.8. The maximum Gasteiger partial charge on any atom is 0.135 e. The molecule has 0 aliphatic rings. The second-order valence-corrected chi connectivity index (χ2v) is 7.03. The monoisotopic (exact) mass is 465 g/mol. The lowest BCUT2D eigenvalue weighted by atomic mass is 9.89. The highest BCUT2D eigenvalue weighted by Crippen LogP contribution is 2.40. The van der Waals surface area contributed by atoms with Crippen LogP contribution in [-0.2, 0) is 0 Å². The van der Waals surface area contributed by atoms with Gasteiger partial charge >= 0.3 is 0 Å². The molecule has 0 N–H and O–H groups in total. The lowest BCUT2D eigenvalue weighted by Gasteiger charge is -2.17. The molecule has 3 nitrogen and oxygen atoms in total. The summed E-state index contributed by atoms with van der Waals surface area (Å²) in [6, 6.07) is 10.5. The zero-order valence-electron chi connectivity index (χ0n) is 16.8. The lowest BCUT2D eigenvalue weighted by Crippen LogP contribution is -2.05. The topological polar surface area (TPSA) is 60.5 Å². The van der Waals surface area contributed by atoms with Gasteiger partial charge in [0.25, 0.3) is 0 Å². The zero-order chi connectivity index (χ0) is 24.6. The van der Waals surface area contributed by atoms with Crippen molar-refractivity contribution in [2.75, 3.05) is 0 Å². The molecule has 0 unspecified atom stereocenters. The van der Waals surface area contributed by atoms with Gasteiger partial charge in [-0.3, -0.25) is 0 Å². The summed E-state index contributed by atoms with van der Waals surface area (Å²) < 4.78 is 84.6. The van der Waals surface area contributed by atoms with Crippen molar-refractivity contribution < 1.29 is 26.3 Å². The number of pyridine rings is 1. The molecule has 0 radical (unpaired) electrons. The summed E-state index contributed by atoms with van der Waals surface area (Å²) in [5.74, 6) is -6.22. The smallest absolute Gasteiger partial charge is 0.135 e. The highest BCUT2D eigenvalue weighted by molar-refractivity contribution is 5.89. The van der Waals surface area contributed by atoms with Crippen LogP contribution >= 0.6 is 0 Å². The Morgan fingerprint density at radius 3 is 1.21 bits per heavy atom. The van der Waals surface area contributed by atoms with Crippen LogP contribution in [0.5, 0.6) is 0 Å². The molecule has 0 amide bonds. The Morgan fingerprint density at radius 2 is 0.882 bits per heavy atom. The number of nitrogens with zero attached hydrogens (tertiary/aromatic N) is 3. The Labute approximate surface area is 188 Å². The van der Waals surface area contributed by atoms with Crippen molar-refractivity contribution in [2.24, 2.45) is 0 Å². The van der Waals surface area contributed by atoms with Gasteiger partial charge in [0.2, 0.25) is 0 Å². The third-order valence-corrected chi connectivity index (χ3v) is 4.99. The van der Waals surface area contributed by atoms with Crippen LogP contribution in [0.4, 0.5) is 26.3 Å². The maximum absolute atomic E-state index is 14.8. The van der Waals surface area contributed by atoms with E-state index < -0.39 is 79.7 Å². The third kappa shape index (κ3) is 3.84. The molecular formula is C25H9F6N3. The molecule has 4 aromatic rings. The van der Waals surface area contributed by atoms with Crippen molar-refractivity contribution in [3.05, 3.63) is 101 Å². The molecule has 1 heterocycles. The van der Waals surface area contributed by atoms with Gasteiger partial charge in [-0.2, -0.15) is 10.5 Å². The van der Waals surface area contributed by atoms with Crippen LogP contribution in [0.1, 0.15) is 11.1 Å². The summed E-state index contributed by atoms with van der Waals surface area (Å²) in [5.41, 5.74) is -3.48. The predicted molar refractivity (Wildman–Crippen MR) is 110 cm³/mol. The van der Waals surface area contributed by atoms with Crippen molar-refractivity contribution in [2.45, 2.75) is 0 Å². The molecule has 0 fully saturated rings. The summed E-state index contributed by atoms with van der Waals surface area (Å²) in [6.07, 6.45) is 0. The second-order valence-electron chi connectivity index (χ2n) is 7.03. The van der Waals surface area contributed by atoms with Gasteiger partial charge in [0.15, 0.2) is 0 Å². The molecular weight excluding hydrogens is 456 g/mol. The SMILES string of the molecule is N#Cc1c(-c2ccc(F)cc2F)nc(-c2ccc(F)cc2F)c(C#N)c1-c1ccc(F)cc1F. The first-order chi connectivity index (χ1) is 16.2. The highest BCUT2D eigenvalue weighted by atomic mass is 19.2. The van der Waals surface area contributed by atoms with Gasteiger partial charge in [-0.1, -0.05) is 0 Å². The van der Waals surface area contributed by atoms with Crippen LogP contribution in [0, 0.1) is 57.6 Å². The Bertz CT molecular complexity index is 1460. The Kier molecular flexibility index (Phi) is 5.79. The lowest BCUT2D eigenvalue weighted by molar-refractivity contribution is 0.585. The van der Waals surface area contributed by atoms with Gasteiger partial charge in [0.1, 0.15) is 47.0 Å². The fourth-order valence-electron chi connectivity index (χ4n) is 3.52. The summed E-state index contributed by atoms with van der Waals surface area (Å²) in [4.78, 5) is 4.10. The molecule has 0 spiro atoms. The van der Waals surface area contributed by atoms with E-state index in [1.54, 1.807) is 12.1 Å². The van der Waals surface area contributed by atoms with Gasteiger partial charge in [0.05, 0.1) is 22.5 Å². The minimum atomic E-state index is -1.16. The quantitative estimate of drug-likeness (QED) is 0.318. The van der Waals surface area contributed by atoms with Crippen molar-refractivity contribution in [3.8, 4) is 45.8 Å². The van der Waals surface area contributed by atoms with Crippen LogP contribution in [-0.4, -0.2) is 4.98 Å². The standard InChI is InChI=1S/C25H9F6N3/c26-12-1-4-15(20(29)7-12)23-18(10-32)24(16-5-2-13(27)8-21(16)30)34-25(19(23)11-33)17-6-3-14(28)9-22(17)31/h1-9H. The van der Waals surface area contributed by atoms with Crippen LogP contribution in [0.15, 0.2) is 54.6 Å². The van der Waals surface area contributed by atoms with Gasteiger partial charge in [-0.25, -0.2) is 31.3 Å². The van der Waals surface area contributed by atoms with Crippen LogP contribution in [0.2, 0.25) is 0 Å². The van der Waals surface area contributed by atoms with E-state index in [2.05, 4.69) is 4.98 Å². The predicted octanol–water partition coefficient (Wildman–Crippen LogP) is 6.66. The van der Waals surface area contributed by atoms with Crippen molar-refractivity contribution in [1.29, 1.82) is 10.5 Å². The summed E-state index contributed by atoms with van der Waals surface area (Å²) in [6.45, 7) is 0. The molecule has 0 saturated heterocycles. The van der Waals surface area contributed by atoms with Gasteiger partial charge in [-0.15, -0.1) is 0 Å². The highest BCUT2D eigenvalue weighted by Gasteiger charge is 2.27. The molecule has 34 heavy (non-hydrogen) atoms. The van der Waals surface area contributed by atoms with E-state index >= 15 is 0 Å². The summed E-state index contributed by atoms with van der Waals surface area (Å²) >= 11 is 0. The van der Waals surface area contributed by atoms with Gasteiger partial charge in [-0.05, 0) is 36.4 Å². The number of rotatable bonds is 3. The van der Waals surface area contributed by atoms with E-state index in [-0.39, 0.29) is 0 Å². The van der Waals surface area contributed by atoms with Crippen molar-refractivity contribution in [3.63, 3.8) is 0 Å².